The molecule has 0 saturated carbocycles. The van der Waals surface area contributed by atoms with Gasteiger partial charge in [0.2, 0.25) is 0 Å². The van der Waals surface area contributed by atoms with Crippen LogP contribution in [0.15, 0.2) is 29.0 Å². The van der Waals surface area contributed by atoms with Gasteiger partial charge in [0.05, 0.1) is 0 Å². The molecule has 0 bridgehead atoms. The van der Waals surface area contributed by atoms with E-state index in [4.69, 9.17) is 4.52 Å². The van der Waals surface area contributed by atoms with Crippen LogP contribution in [0.4, 0.5) is 0 Å². The van der Waals surface area contributed by atoms with E-state index < -0.39 is 0 Å². The lowest BCUT2D eigenvalue weighted by Gasteiger charge is -2.17. The summed E-state index contributed by atoms with van der Waals surface area (Å²) in [6.07, 6.45) is 2.77. The Bertz CT molecular complexity index is 437. The first-order chi connectivity index (χ1) is 6.54. The fraction of sp³-hybridized carbons (Fsp3) is 0.417. The van der Waals surface area contributed by atoms with E-state index in [9.17, 15) is 0 Å². The minimum absolute atomic E-state index is 0.324. The Kier molecular flexibility index (Phi) is 2.06. The first kappa shape index (κ1) is 9.25. The van der Waals surface area contributed by atoms with E-state index in [1.807, 2.05) is 6.07 Å². The van der Waals surface area contributed by atoms with Crippen LogP contribution in [0.25, 0.3) is 10.9 Å². The van der Waals surface area contributed by atoms with Crippen molar-refractivity contribution in [2.45, 2.75) is 27.2 Å². The van der Waals surface area contributed by atoms with Gasteiger partial charge < -0.3 is 4.52 Å². The molecule has 0 radical (unpaired) electrons. The van der Waals surface area contributed by atoms with Gasteiger partial charge in [-0.1, -0.05) is 32.0 Å². The van der Waals surface area contributed by atoms with Crippen LogP contribution < -0.4 is 0 Å². The fourth-order valence-corrected chi connectivity index (χ4v) is 1.64. The van der Waals surface area contributed by atoms with Gasteiger partial charge in [-0.2, -0.15) is 0 Å². The highest BCUT2D eigenvalue weighted by Gasteiger charge is 2.11. The maximum absolute atomic E-state index is 4.90. The second-order valence-electron chi connectivity index (χ2n) is 4.95. The molecule has 0 spiro atoms. The van der Waals surface area contributed by atoms with Crippen molar-refractivity contribution in [2.24, 2.45) is 5.41 Å². The number of fused-ring (bicyclic) bond motifs is 1. The van der Waals surface area contributed by atoms with Gasteiger partial charge in [-0.25, -0.2) is 0 Å². The van der Waals surface area contributed by atoms with E-state index in [2.05, 4.69) is 38.1 Å². The average Bonchev–Trinajstić information content (AvgIpc) is 2.47. The van der Waals surface area contributed by atoms with Crippen molar-refractivity contribution < 1.29 is 4.52 Å². The van der Waals surface area contributed by atoms with Crippen molar-refractivity contribution >= 4 is 10.9 Å². The van der Waals surface area contributed by atoms with Gasteiger partial charge in [-0.05, 0) is 29.5 Å². The molecule has 2 heteroatoms. The van der Waals surface area contributed by atoms with Crippen molar-refractivity contribution in [3.63, 3.8) is 0 Å². The Morgan fingerprint density at radius 3 is 2.79 bits per heavy atom. The van der Waals surface area contributed by atoms with Gasteiger partial charge >= 0.3 is 0 Å². The highest BCUT2D eigenvalue weighted by atomic mass is 16.5. The Morgan fingerprint density at radius 1 is 1.29 bits per heavy atom. The van der Waals surface area contributed by atoms with E-state index in [-0.39, 0.29) is 0 Å². The van der Waals surface area contributed by atoms with Crippen LogP contribution in [0.3, 0.4) is 0 Å². The molecule has 0 aliphatic carbocycles. The summed E-state index contributed by atoms with van der Waals surface area (Å²) in [5, 5.41) is 4.97. The summed E-state index contributed by atoms with van der Waals surface area (Å²) in [5.41, 5.74) is 2.60. The van der Waals surface area contributed by atoms with Crippen molar-refractivity contribution in [2.75, 3.05) is 0 Å². The Hall–Kier alpha value is -1.31. The van der Waals surface area contributed by atoms with Gasteiger partial charge in [0, 0.05) is 5.39 Å². The zero-order valence-electron chi connectivity index (χ0n) is 8.87. The number of hydrogen-bond acceptors (Lipinski definition) is 2. The molecule has 2 nitrogen and oxygen atoms in total. The third-order valence-electron chi connectivity index (χ3n) is 2.16. The Balaban J connectivity index is 2.35. The Morgan fingerprint density at radius 2 is 2.07 bits per heavy atom. The first-order valence-corrected chi connectivity index (χ1v) is 4.88. The van der Waals surface area contributed by atoms with Crippen molar-refractivity contribution in [3.05, 3.63) is 30.0 Å². The minimum atomic E-state index is 0.324. The summed E-state index contributed by atoms with van der Waals surface area (Å²) < 4.78 is 4.90. The summed E-state index contributed by atoms with van der Waals surface area (Å²) in [6, 6.07) is 6.28. The summed E-state index contributed by atoms with van der Waals surface area (Å²) in [5.74, 6) is 0. The predicted molar refractivity (Wildman–Crippen MR) is 57.2 cm³/mol. The van der Waals surface area contributed by atoms with Gasteiger partial charge in [-0.15, -0.1) is 0 Å². The molecule has 74 valence electrons. The predicted octanol–water partition coefficient (Wildman–Crippen LogP) is 3.42. The third kappa shape index (κ3) is 1.95. The minimum Gasteiger partial charge on any atom is -0.364 e. The third-order valence-corrected chi connectivity index (χ3v) is 2.16. The zero-order valence-corrected chi connectivity index (χ0v) is 8.87. The molecule has 0 atom stereocenters. The molecule has 0 aliphatic heterocycles. The molecule has 2 aromatic rings. The van der Waals surface area contributed by atoms with Crippen molar-refractivity contribution in [3.8, 4) is 0 Å². The first-order valence-electron chi connectivity index (χ1n) is 4.88. The number of nitrogens with zero attached hydrogens (tertiary/aromatic N) is 1. The van der Waals surface area contributed by atoms with Gasteiger partial charge in [0.15, 0.2) is 0 Å². The van der Waals surface area contributed by atoms with Crippen LogP contribution in [0.2, 0.25) is 0 Å². The summed E-state index contributed by atoms with van der Waals surface area (Å²) >= 11 is 0. The molecule has 0 aliphatic rings. The SMILES string of the molecule is CC(C)(C)Cc1ccc2nocc2c1. The molecule has 1 heterocycles. The van der Waals surface area contributed by atoms with Gasteiger partial charge in [-0.3, -0.25) is 0 Å². The molecule has 0 amide bonds. The molecule has 0 N–H and O–H groups in total. The zero-order chi connectivity index (χ0) is 10.2. The largest absolute Gasteiger partial charge is 0.364 e. The lowest BCUT2D eigenvalue weighted by atomic mass is 9.88. The molecule has 2 rings (SSSR count). The molecular formula is C12H15NO. The average molecular weight is 189 g/mol. The number of benzene rings is 1. The number of rotatable bonds is 1. The second kappa shape index (κ2) is 3.12. The van der Waals surface area contributed by atoms with E-state index in [0.29, 0.717) is 5.41 Å². The van der Waals surface area contributed by atoms with Crippen molar-refractivity contribution in [1.82, 2.24) is 5.16 Å². The molecule has 14 heavy (non-hydrogen) atoms. The van der Waals surface area contributed by atoms with E-state index >= 15 is 0 Å². The summed E-state index contributed by atoms with van der Waals surface area (Å²) in [7, 11) is 0. The van der Waals surface area contributed by atoms with Crippen LogP contribution in [-0.2, 0) is 6.42 Å². The lowest BCUT2D eigenvalue weighted by Crippen LogP contribution is -2.08. The Labute approximate surface area is 83.9 Å². The molecule has 0 saturated heterocycles. The van der Waals surface area contributed by atoms with Crippen LogP contribution >= 0.6 is 0 Å². The monoisotopic (exact) mass is 189 g/mol. The summed E-state index contributed by atoms with van der Waals surface area (Å²) in [6.45, 7) is 6.72. The fourth-order valence-electron chi connectivity index (χ4n) is 1.64. The highest BCUT2D eigenvalue weighted by Crippen LogP contribution is 2.23. The maximum Gasteiger partial charge on any atom is 0.131 e. The van der Waals surface area contributed by atoms with E-state index in [1.165, 1.54) is 5.56 Å². The molecule has 0 fully saturated rings. The van der Waals surface area contributed by atoms with E-state index in [0.717, 1.165) is 17.3 Å². The second-order valence-corrected chi connectivity index (χ2v) is 4.95. The van der Waals surface area contributed by atoms with Crippen molar-refractivity contribution in [1.29, 1.82) is 0 Å². The summed E-state index contributed by atoms with van der Waals surface area (Å²) in [4.78, 5) is 0. The van der Waals surface area contributed by atoms with E-state index in [1.54, 1.807) is 6.26 Å². The smallest absolute Gasteiger partial charge is 0.131 e. The topological polar surface area (TPSA) is 26.0 Å². The molecular weight excluding hydrogens is 174 g/mol. The number of aromatic nitrogens is 1. The maximum atomic E-state index is 4.90. The number of hydrogen-bond donors (Lipinski definition) is 0. The molecule has 0 unspecified atom stereocenters. The molecule has 1 aromatic heterocycles. The van der Waals surface area contributed by atoms with Crippen LogP contribution in [0.1, 0.15) is 26.3 Å². The normalized spacial score (nSPS) is 12.2. The lowest BCUT2D eigenvalue weighted by molar-refractivity contribution is 0.411. The van der Waals surface area contributed by atoms with Crippen LogP contribution in [0.5, 0.6) is 0 Å². The van der Waals surface area contributed by atoms with Crippen LogP contribution in [-0.4, -0.2) is 5.16 Å². The standard InChI is InChI=1S/C12H15NO/c1-12(2,3)7-9-4-5-11-10(6-9)8-14-13-11/h4-6,8H,7H2,1-3H3. The quantitative estimate of drug-likeness (QED) is 0.687. The highest BCUT2D eigenvalue weighted by molar-refractivity contribution is 5.77. The van der Waals surface area contributed by atoms with Gasteiger partial charge in [0.25, 0.3) is 0 Å². The van der Waals surface area contributed by atoms with Gasteiger partial charge in [0.1, 0.15) is 11.8 Å². The van der Waals surface area contributed by atoms with Crippen LogP contribution in [0, 0.1) is 5.41 Å². The molecule has 1 aromatic carbocycles.